The Morgan fingerprint density at radius 1 is 1.28 bits per heavy atom. The van der Waals surface area contributed by atoms with Crippen LogP contribution in [0, 0.1) is 0 Å². The molecule has 0 aromatic heterocycles. The number of nitrogens with zero attached hydrogens (tertiary/aromatic N) is 1. The Bertz CT molecular complexity index is 477. The minimum Gasteiger partial charge on any atom is -0.454 e. The van der Waals surface area contributed by atoms with E-state index >= 15 is 0 Å². The van der Waals surface area contributed by atoms with Gasteiger partial charge in [-0.05, 0) is 17.7 Å². The number of hydrogen-bond acceptors (Lipinski definition) is 5. The Morgan fingerprint density at radius 2 is 2.11 bits per heavy atom. The van der Waals surface area contributed by atoms with Gasteiger partial charge in [0.1, 0.15) is 6.61 Å². The summed E-state index contributed by atoms with van der Waals surface area (Å²) in [5, 5.41) is 0. The van der Waals surface area contributed by atoms with Crippen LogP contribution < -0.4 is 15.2 Å². The molecule has 0 spiro atoms. The fraction of sp³-hybridized carbons (Fsp3) is 0.417. The summed E-state index contributed by atoms with van der Waals surface area (Å²) in [6.45, 7) is 1.72. The predicted octanol–water partition coefficient (Wildman–Crippen LogP) is 0.867. The number of ether oxygens (including phenoxy) is 3. The van der Waals surface area contributed by atoms with Crippen molar-refractivity contribution < 1.29 is 19.0 Å². The number of fused-ring (bicyclic) bond motifs is 1. The molecule has 0 bridgehead atoms. The summed E-state index contributed by atoms with van der Waals surface area (Å²) >= 11 is 0. The molecule has 18 heavy (non-hydrogen) atoms. The van der Waals surface area contributed by atoms with Crippen molar-refractivity contribution in [2.75, 3.05) is 26.5 Å². The summed E-state index contributed by atoms with van der Waals surface area (Å²) in [7, 11) is 0. The van der Waals surface area contributed by atoms with Gasteiger partial charge in [0.2, 0.25) is 6.79 Å². The number of rotatable bonds is 3. The largest absolute Gasteiger partial charge is 0.454 e. The van der Waals surface area contributed by atoms with Crippen molar-refractivity contribution in [3.8, 4) is 11.5 Å². The number of nitrogens with two attached hydrogens (primary N) is 1. The summed E-state index contributed by atoms with van der Waals surface area (Å²) in [5.74, 6) is 1.43. The van der Waals surface area contributed by atoms with Crippen molar-refractivity contribution in [1.29, 1.82) is 0 Å². The summed E-state index contributed by atoms with van der Waals surface area (Å²) in [6, 6.07) is 5.32. The number of carbonyl (C=O) groups is 1. The molecule has 6 nitrogen and oxygen atoms in total. The summed E-state index contributed by atoms with van der Waals surface area (Å²) in [6.07, 6.45) is -0.300. The molecule has 1 amide bonds. The van der Waals surface area contributed by atoms with Gasteiger partial charge in [0.25, 0.3) is 0 Å². The average Bonchev–Trinajstić information content (AvgIpc) is 2.98. The molecule has 1 fully saturated rings. The molecule has 2 aliphatic rings. The van der Waals surface area contributed by atoms with E-state index in [-0.39, 0.29) is 18.9 Å². The topological polar surface area (TPSA) is 74.0 Å². The van der Waals surface area contributed by atoms with E-state index in [1.54, 1.807) is 4.90 Å². The highest BCUT2D eigenvalue weighted by atomic mass is 16.7. The molecule has 3 rings (SSSR count). The molecule has 2 heterocycles. The molecule has 6 heteroatoms. The molecule has 2 N–H and O–H groups in total. The quantitative estimate of drug-likeness (QED) is 0.861. The molecular weight excluding hydrogens is 236 g/mol. The van der Waals surface area contributed by atoms with E-state index in [9.17, 15) is 4.79 Å². The van der Waals surface area contributed by atoms with Crippen LogP contribution >= 0.6 is 0 Å². The molecule has 0 aliphatic carbocycles. The van der Waals surface area contributed by atoms with Crippen molar-refractivity contribution in [3.05, 3.63) is 23.8 Å². The third kappa shape index (κ3) is 1.95. The number of carbonyl (C=O) groups excluding carboxylic acids is 1. The van der Waals surface area contributed by atoms with Crippen LogP contribution in [0.2, 0.25) is 0 Å². The smallest absolute Gasteiger partial charge is 0.410 e. The van der Waals surface area contributed by atoms with Gasteiger partial charge in [-0.1, -0.05) is 6.07 Å². The second-order valence-electron chi connectivity index (χ2n) is 4.28. The summed E-state index contributed by atoms with van der Waals surface area (Å²) in [5.41, 5.74) is 7.00. The van der Waals surface area contributed by atoms with Gasteiger partial charge in [0.15, 0.2) is 11.5 Å². The van der Waals surface area contributed by atoms with Gasteiger partial charge < -0.3 is 24.8 Å². The first-order valence-electron chi connectivity index (χ1n) is 5.81. The second kappa shape index (κ2) is 4.38. The van der Waals surface area contributed by atoms with Gasteiger partial charge >= 0.3 is 6.09 Å². The summed E-state index contributed by atoms with van der Waals surface area (Å²) < 4.78 is 15.4. The van der Waals surface area contributed by atoms with Crippen LogP contribution in [0.25, 0.3) is 0 Å². The molecular formula is C12H14N2O4. The van der Waals surface area contributed by atoms with Crippen LogP contribution in [-0.2, 0) is 4.74 Å². The average molecular weight is 250 g/mol. The lowest BCUT2D eigenvalue weighted by Crippen LogP contribution is -2.32. The van der Waals surface area contributed by atoms with E-state index in [0.717, 1.165) is 11.3 Å². The zero-order valence-electron chi connectivity index (χ0n) is 9.80. The molecule has 1 saturated heterocycles. The van der Waals surface area contributed by atoms with Gasteiger partial charge in [-0.3, -0.25) is 0 Å². The number of amides is 1. The number of hydrogen-bond donors (Lipinski definition) is 1. The lowest BCUT2D eigenvalue weighted by atomic mass is 10.1. The first kappa shape index (κ1) is 11.2. The molecule has 2 aliphatic heterocycles. The van der Waals surface area contributed by atoms with Crippen molar-refractivity contribution in [1.82, 2.24) is 4.90 Å². The maximum Gasteiger partial charge on any atom is 0.410 e. The molecule has 0 radical (unpaired) electrons. The maximum absolute atomic E-state index is 11.3. The van der Waals surface area contributed by atoms with E-state index in [1.807, 2.05) is 18.2 Å². The highest BCUT2D eigenvalue weighted by Crippen LogP contribution is 2.34. The Kier molecular flexibility index (Phi) is 2.71. The molecule has 1 unspecified atom stereocenters. The first-order chi connectivity index (χ1) is 8.74. The third-order valence-electron chi connectivity index (χ3n) is 3.09. The normalized spacial score (nSPS) is 18.9. The van der Waals surface area contributed by atoms with Crippen molar-refractivity contribution in [3.63, 3.8) is 0 Å². The second-order valence-corrected chi connectivity index (χ2v) is 4.28. The predicted molar refractivity (Wildman–Crippen MR) is 62.4 cm³/mol. The van der Waals surface area contributed by atoms with E-state index < -0.39 is 0 Å². The minimum atomic E-state index is -0.300. The fourth-order valence-corrected chi connectivity index (χ4v) is 2.08. The lowest BCUT2D eigenvalue weighted by molar-refractivity contribution is 0.157. The SMILES string of the molecule is NC(CN1CCOC1=O)c1ccc2c(c1)OCO2. The van der Waals surface area contributed by atoms with Crippen LogP contribution in [0.15, 0.2) is 18.2 Å². The van der Waals surface area contributed by atoms with Crippen molar-refractivity contribution in [2.45, 2.75) is 6.04 Å². The highest BCUT2D eigenvalue weighted by Gasteiger charge is 2.25. The Labute approximate surface area is 104 Å². The Balaban J connectivity index is 1.72. The van der Waals surface area contributed by atoms with E-state index in [1.165, 1.54) is 0 Å². The molecule has 0 saturated carbocycles. The minimum absolute atomic E-state index is 0.243. The number of benzene rings is 1. The monoisotopic (exact) mass is 250 g/mol. The fourth-order valence-electron chi connectivity index (χ4n) is 2.08. The maximum atomic E-state index is 11.3. The summed E-state index contributed by atoms with van der Waals surface area (Å²) in [4.78, 5) is 12.9. The van der Waals surface area contributed by atoms with Gasteiger partial charge in [0.05, 0.1) is 6.54 Å². The van der Waals surface area contributed by atoms with Gasteiger partial charge in [-0.15, -0.1) is 0 Å². The lowest BCUT2D eigenvalue weighted by Gasteiger charge is -2.18. The first-order valence-corrected chi connectivity index (χ1v) is 5.81. The Hall–Kier alpha value is -1.95. The van der Waals surface area contributed by atoms with E-state index in [2.05, 4.69) is 0 Å². The molecule has 1 atom stereocenters. The van der Waals surface area contributed by atoms with Crippen LogP contribution in [0.1, 0.15) is 11.6 Å². The zero-order chi connectivity index (χ0) is 12.5. The van der Waals surface area contributed by atoms with Crippen molar-refractivity contribution >= 4 is 6.09 Å². The molecule has 1 aromatic carbocycles. The van der Waals surface area contributed by atoms with Gasteiger partial charge in [-0.25, -0.2) is 4.79 Å². The standard InChI is InChI=1S/C12H14N2O4/c13-9(6-14-3-4-16-12(14)15)8-1-2-10-11(5-8)18-7-17-10/h1-2,5,9H,3-4,6-7,13H2. The van der Waals surface area contributed by atoms with Crippen LogP contribution in [0.4, 0.5) is 4.79 Å². The van der Waals surface area contributed by atoms with Crippen molar-refractivity contribution in [2.24, 2.45) is 5.73 Å². The molecule has 1 aromatic rings. The van der Waals surface area contributed by atoms with Crippen LogP contribution in [0.3, 0.4) is 0 Å². The van der Waals surface area contributed by atoms with Gasteiger partial charge in [-0.2, -0.15) is 0 Å². The van der Waals surface area contributed by atoms with E-state index in [4.69, 9.17) is 19.9 Å². The third-order valence-corrected chi connectivity index (χ3v) is 3.09. The zero-order valence-corrected chi connectivity index (χ0v) is 9.80. The molecule has 96 valence electrons. The highest BCUT2D eigenvalue weighted by molar-refractivity contribution is 5.69. The van der Waals surface area contributed by atoms with Gasteiger partial charge in [0, 0.05) is 12.6 Å². The van der Waals surface area contributed by atoms with E-state index in [0.29, 0.717) is 25.4 Å². The van der Waals surface area contributed by atoms with Crippen LogP contribution in [0.5, 0.6) is 11.5 Å². The Morgan fingerprint density at radius 3 is 2.89 bits per heavy atom. The van der Waals surface area contributed by atoms with Crippen LogP contribution in [-0.4, -0.2) is 37.5 Å². The number of cyclic esters (lactones) is 1.